The van der Waals surface area contributed by atoms with E-state index < -0.39 is 5.54 Å². The molecule has 1 aromatic carbocycles. The second-order valence-corrected chi connectivity index (χ2v) is 7.38. The minimum Gasteiger partial charge on any atom is -0.464 e. The van der Waals surface area contributed by atoms with Crippen LogP contribution in [0.3, 0.4) is 0 Å². The second kappa shape index (κ2) is 6.17. The Balaban J connectivity index is 2.37. The lowest BCUT2D eigenvalue weighted by molar-refractivity contribution is -0.151. The van der Waals surface area contributed by atoms with Crippen LogP contribution >= 0.6 is 27.5 Å². The van der Waals surface area contributed by atoms with Gasteiger partial charge in [-0.2, -0.15) is 0 Å². The molecular weight excluding hydrogens is 354 g/mol. The van der Waals surface area contributed by atoms with Crippen molar-refractivity contribution in [3.63, 3.8) is 0 Å². The van der Waals surface area contributed by atoms with Crippen LogP contribution in [0, 0.1) is 5.41 Å². The molecule has 116 valence electrons. The van der Waals surface area contributed by atoms with E-state index in [4.69, 9.17) is 16.3 Å². The lowest BCUT2D eigenvalue weighted by atomic mass is 9.74. The number of hydrogen-bond acceptors (Lipinski definition) is 3. The fourth-order valence-corrected chi connectivity index (χ4v) is 3.58. The molecule has 1 N–H and O–H groups in total. The van der Waals surface area contributed by atoms with Crippen LogP contribution in [-0.2, 0) is 9.53 Å². The normalized spacial score (nSPS) is 23.9. The van der Waals surface area contributed by atoms with Gasteiger partial charge < -0.3 is 10.1 Å². The highest BCUT2D eigenvalue weighted by molar-refractivity contribution is 9.10. The van der Waals surface area contributed by atoms with Gasteiger partial charge in [-0.25, -0.2) is 4.79 Å². The standard InChI is InChI=1S/C16H21BrClNO2/c1-4-21-14(20)16(9-5-8-15(16,2)3)19-11-6-7-13(18)12(17)10-11/h6-7,10,19H,4-5,8-9H2,1-3H3. The van der Waals surface area contributed by atoms with Gasteiger partial charge in [-0.15, -0.1) is 0 Å². The molecule has 1 aliphatic carbocycles. The van der Waals surface area contributed by atoms with Gasteiger partial charge in [0.25, 0.3) is 0 Å². The van der Waals surface area contributed by atoms with Crippen LogP contribution in [-0.4, -0.2) is 18.1 Å². The molecule has 1 aromatic rings. The third-order valence-corrected chi connectivity index (χ3v) is 5.62. The highest BCUT2D eigenvalue weighted by atomic mass is 79.9. The van der Waals surface area contributed by atoms with E-state index in [1.165, 1.54) is 0 Å². The molecule has 0 spiro atoms. The molecule has 0 amide bonds. The first kappa shape index (κ1) is 16.6. The van der Waals surface area contributed by atoms with E-state index in [1.807, 2.05) is 25.1 Å². The minimum absolute atomic E-state index is 0.161. The Morgan fingerprint density at radius 1 is 1.43 bits per heavy atom. The topological polar surface area (TPSA) is 38.3 Å². The molecule has 0 saturated heterocycles. The van der Waals surface area contributed by atoms with Crippen molar-refractivity contribution in [3.05, 3.63) is 27.7 Å². The lowest BCUT2D eigenvalue weighted by Crippen LogP contribution is -2.54. The van der Waals surface area contributed by atoms with Gasteiger partial charge in [0.15, 0.2) is 0 Å². The predicted octanol–water partition coefficient (Wildman–Crippen LogP) is 5.03. The van der Waals surface area contributed by atoms with Gasteiger partial charge in [-0.1, -0.05) is 25.4 Å². The average Bonchev–Trinajstić information content (AvgIpc) is 2.70. The molecule has 0 bridgehead atoms. The zero-order chi connectivity index (χ0) is 15.7. The molecule has 0 heterocycles. The SMILES string of the molecule is CCOC(=O)C1(Nc2ccc(Cl)c(Br)c2)CCCC1(C)C. The summed E-state index contributed by atoms with van der Waals surface area (Å²) in [6, 6.07) is 5.61. The van der Waals surface area contributed by atoms with Gasteiger partial charge >= 0.3 is 5.97 Å². The van der Waals surface area contributed by atoms with Gasteiger partial charge in [0.2, 0.25) is 0 Å². The van der Waals surface area contributed by atoms with Crippen molar-refractivity contribution in [1.29, 1.82) is 0 Å². The summed E-state index contributed by atoms with van der Waals surface area (Å²) >= 11 is 9.46. The maximum absolute atomic E-state index is 12.6. The summed E-state index contributed by atoms with van der Waals surface area (Å²) in [5.74, 6) is -0.168. The van der Waals surface area contributed by atoms with E-state index in [0.717, 1.165) is 29.4 Å². The molecule has 3 nitrogen and oxygen atoms in total. The minimum atomic E-state index is -0.684. The summed E-state index contributed by atoms with van der Waals surface area (Å²) in [4.78, 5) is 12.6. The van der Waals surface area contributed by atoms with E-state index in [2.05, 4.69) is 35.1 Å². The molecule has 2 rings (SSSR count). The van der Waals surface area contributed by atoms with Crippen LogP contribution < -0.4 is 5.32 Å². The van der Waals surface area contributed by atoms with Crippen molar-refractivity contribution >= 4 is 39.2 Å². The number of halogens is 2. The predicted molar refractivity (Wildman–Crippen MR) is 89.8 cm³/mol. The van der Waals surface area contributed by atoms with Gasteiger partial charge in [0.1, 0.15) is 5.54 Å². The summed E-state index contributed by atoms with van der Waals surface area (Å²) in [5, 5.41) is 4.08. The quantitative estimate of drug-likeness (QED) is 0.751. The Morgan fingerprint density at radius 3 is 2.67 bits per heavy atom. The van der Waals surface area contributed by atoms with Crippen LogP contribution in [0.5, 0.6) is 0 Å². The van der Waals surface area contributed by atoms with Gasteiger partial charge in [0, 0.05) is 10.2 Å². The van der Waals surface area contributed by atoms with Crippen LogP contribution in [0.4, 0.5) is 5.69 Å². The lowest BCUT2D eigenvalue weighted by Gasteiger charge is -2.40. The Hall–Kier alpha value is -0.740. The first-order valence-corrected chi connectivity index (χ1v) is 8.40. The first-order chi connectivity index (χ1) is 9.82. The van der Waals surface area contributed by atoms with Gasteiger partial charge in [-0.3, -0.25) is 0 Å². The second-order valence-electron chi connectivity index (χ2n) is 6.12. The van der Waals surface area contributed by atoms with E-state index in [1.54, 1.807) is 0 Å². The zero-order valence-electron chi connectivity index (χ0n) is 12.6. The van der Waals surface area contributed by atoms with Crippen molar-refractivity contribution < 1.29 is 9.53 Å². The average molecular weight is 375 g/mol. The Kier molecular flexibility index (Phi) is 4.89. The number of hydrogen-bond donors (Lipinski definition) is 1. The number of carbonyl (C=O) groups is 1. The van der Waals surface area contributed by atoms with Crippen molar-refractivity contribution in [2.24, 2.45) is 5.41 Å². The van der Waals surface area contributed by atoms with Gasteiger partial charge in [0.05, 0.1) is 11.6 Å². The van der Waals surface area contributed by atoms with E-state index in [-0.39, 0.29) is 11.4 Å². The monoisotopic (exact) mass is 373 g/mol. The number of ether oxygens (including phenoxy) is 1. The van der Waals surface area contributed by atoms with Crippen LogP contribution in [0.15, 0.2) is 22.7 Å². The molecule has 1 saturated carbocycles. The number of rotatable bonds is 4. The molecule has 1 aliphatic rings. The first-order valence-electron chi connectivity index (χ1n) is 7.23. The molecular formula is C16H21BrClNO2. The fourth-order valence-electron chi connectivity index (χ4n) is 3.08. The van der Waals surface area contributed by atoms with Crippen LogP contribution in [0.2, 0.25) is 5.02 Å². The smallest absolute Gasteiger partial charge is 0.332 e. The summed E-state index contributed by atoms with van der Waals surface area (Å²) < 4.78 is 6.16. The zero-order valence-corrected chi connectivity index (χ0v) is 15.0. The molecule has 5 heteroatoms. The van der Waals surface area contributed by atoms with E-state index in [0.29, 0.717) is 11.6 Å². The van der Waals surface area contributed by atoms with Crippen LogP contribution in [0.25, 0.3) is 0 Å². The fraction of sp³-hybridized carbons (Fsp3) is 0.562. The van der Waals surface area contributed by atoms with E-state index >= 15 is 0 Å². The summed E-state index contributed by atoms with van der Waals surface area (Å²) in [5.41, 5.74) is 0.0241. The van der Waals surface area contributed by atoms with E-state index in [9.17, 15) is 4.79 Å². The summed E-state index contributed by atoms with van der Waals surface area (Å²) in [6.45, 7) is 6.47. The third kappa shape index (κ3) is 3.07. The third-order valence-electron chi connectivity index (χ3n) is 4.41. The summed E-state index contributed by atoms with van der Waals surface area (Å²) in [7, 11) is 0. The number of carbonyl (C=O) groups excluding carboxylic acids is 1. The molecule has 0 aromatic heterocycles. The molecule has 1 atom stereocenters. The largest absolute Gasteiger partial charge is 0.464 e. The van der Waals surface area contributed by atoms with Crippen molar-refractivity contribution in [1.82, 2.24) is 0 Å². The maximum Gasteiger partial charge on any atom is 0.332 e. The maximum atomic E-state index is 12.6. The molecule has 1 fully saturated rings. The van der Waals surface area contributed by atoms with Gasteiger partial charge in [-0.05, 0) is 65.7 Å². The highest BCUT2D eigenvalue weighted by Gasteiger charge is 2.55. The molecule has 0 radical (unpaired) electrons. The molecule has 1 unspecified atom stereocenters. The Bertz CT molecular complexity index is 547. The van der Waals surface area contributed by atoms with Crippen molar-refractivity contribution in [2.75, 3.05) is 11.9 Å². The van der Waals surface area contributed by atoms with Crippen LogP contribution in [0.1, 0.15) is 40.0 Å². The Morgan fingerprint density at radius 2 is 2.14 bits per heavy atom. The number of nitrogens with one attached hydrogen (secondary N) is 1. The Labute approximate surface area is 139 Å². The van der Waals surface area contributed by atoms with Crippen molar-refractivity contribution in [2.45, 2.75) is 45.6 Å². The number of anilines is 1. The number of benzene rings is 1. The van der Waals surface area contributed by atoms with Crippen molar-refractivity contribution in [3.8, 4) is 0 Å². The molecule has 0 aliphatic heterocycles. The summed E-state index contributed by atoms with van der Waals surface area (Å²) in [6.07, 6.45) is 2.78. The highest BCUT2D eigenvalue weighted by Crippen LogP contribution is 2.48. The number of esters is 1. The molecule has 21 heavy (non-hydrogen) atoms.